The molecule has 2 aromatic carbocycles. The first-order chi connectivity index (χ1) is 17.7. The van der Waals surface area contributed by atoms with Crippen molar-refractivity contribution in [1.82, 2.24) is 15.0 Å². The second-order valence-electron chi connectivity index (χ2n) is 11.4. The quantitative estimate of drug-likeness (QED) is 0.358. The zero-order valence-corrected chi connectivity index (χ0v) is 23.9. The summed E-state index contributed by atoms with van der Waals surface area (Å²) < 4.78 is 11.1. The molecule has 0 saturated carbocycles. The molecule has 0 amide bonds. The lowest BCUT2D eigenvalue weighted by atomic mass is 9.80. The first-order valence-corrected chi connectivity index (χ1v) is 13.3. The van der Waals surface area contributed by atoms with Crippen molar-refractivity contribution < 1.29 is 19.2 Å². The van der Waals surface area contributed by atoms with E-state index in [-0.39, 0.29) is 11.6 Å². The third-order valence-corrected chi connectivity index (χ3v) is 6.36. The average molecular weight is 543 g/mol. The van der Waals surface area contributed by atoms with Crippen LogP contribution in [0.4, 0.5) is 0 Å². The standard InChI is InChI=1S/C25H28ClN3O4.C4H11N/c1-16(2)32-21-9-8-19(14-20(21)26)23-27-22(28-33-23)18-6-4-17(5-7-18)15-29-12-10-25(3,11-13-29)24(30)31;1-4(2,3)5/h4-9,14,16H,10-13,15H2,1-3H3,(H,30,31);5H2,1-3H3. The predicted octanol–water partition coefficient (Wildman–Crippen LogP) is 6.27. The summed E-state index contributed by atoms with van der Waals surface area (Å²) in [4.78, 5) is 18.2. The van der Waals surface area contributed by atoms with E-state index in [2.05, 4.69) is 15.0 Å². The van der Waals surface area contributed by atoms with E-state index in [4.69, 9.17) is 26.6 Å². The van der Waals surface area contributed by atoms with Crippen LogP contribution in [0.5, 0.6) is 5.75 Å². The van der Waals surface area contributed by atoms with Crippen molar-refractivity contribution >= 4 is 17.6 Å². The molecule has 0 bridgehead atoms. The minimum absolute atomic E-state index is 0. The van der Waals surface area contributed by atoms with Crippen LogP contribution in [0, 0.1) is 5.41 Å². The maximum absolute atomic E-state index is 11.4. The molecule has 3 aromatic rings. The van der Waals surface area contributed by atoms with Gasteiger partial charge in [-0.2, -0.15) is 4.98 Å². The largest absolute Gasteiger partial charge is 0.489 e. The molecule has 1 aromatic heterocycles. The molecular formula is C29H39ClN4O4. The van der Waals surface area contributed by atoms with Crippen LogP contribution in [0.2, 0.25) is 5.02 Å². The molecule has 206 valence electrons. The van der Waals surface area contributed by atoms with E-state index in [0.29, 0.717) is 35.3 Å². The Hall–Kier alpha value is -2.94. The van der Waals surface area contributed by atoms with E-state index in [1.165, 1.54) is 0 Å². The Kier molecular flexibility index (Phi) is 9.57. The fourth-order valence-electron chi connectivity index (χ4n) is 3.88. The summed E-state index contributed by atoms with van der Waals surface area (Å²) >= 11 is 6.33. The second-order valence-corrected chi connectivity index (χ2v) is 11.8. The first-order valence-electron chi connectivity index (χ1n) is 12.9. The van der Waals surface area contributed by atoms with Crippen molar-refractivity contribution in [3.8, 4) is 28.6 Å². The highest BCUT2D eigenvalue weighted by atomic mass is 35.5. The van der Waals surface area contributed by atoms with Crippen molar-refractivity contribution in [3.05, 3.63) is 53.1 Å². The predicted molar refractivity (Wildman–Crippen MR) is 150 cm³/mol. The minimum Gasteiger partial charge on any atom is -0.489 e. The van der Waals surface area contributed by atoms with Gasteiger partial charge in [0.1, 0.15) is 5.75 Å². The van der Waals surface area contributed by atoms with Crippen LogP contribution in [-0.4, -0.2) is 50.8 Å². The molecule has 0 unspecified atom stereocenters. The van der Waals surface area contributed by atoms with Crippen molar-refractivity contribution in [3.63, 3.8) is 0 Å². The summed E-state index contributed by atoms with van der Waals surface area (Å²) in [5.74, 6) is 0.812. The Balaban J connectivity index is 0.000000732. The first kappa shape index (κ1) is 29.6. The summed E-state index contributed by atoms with van der Waals surface area (Å²) in [7, 11) is 0. The lowest BCUT2D eigenvalue weighted by Gasteiger charge is -2.36. The Morgan fingerprint density at radius 2 is 1.74 bits per heavy atom. The number of carboxylic acid groups (broad SMARTS) is 1. The molecule has 0 spiro atoms. The average Bonchev–Trinajstić information content (AvgIpc) is 3.31. The number of nitrogens with zero attached hydrogens (tertiary/aromatic N) is 3. The van der Waals surface area contributed by atoms with E-state index in [0.717, 1.165) is 36.3 Å². The van der Waals surface area contributed by atoms with Gasteiger partial charge in [0.15, 0.2) is 0 Å². The molecule has 1 aliphatic heterocycles. The summed E-state index contributed by atoms with van der Waals surface area (Å²) in [6.07, 6.45) is 1.37. The number of halogens is 1. The fraction of sp³-hybridized carbons (Fsp3) is 0.483. The van der Waals surface area contributed by atoms with Gasteiger partial charge >= 0.3 is 5.97 Å². The third kappa shape index (κ3) is 8.55. The highest BCUT2D eigenvalue weighted by Crippen LogP contribution is 2.33. The molecule has 2 heterocycles. The van der Waals surface area contributed by atoms with Gasteiger partial charge in [-0.1, -0.05) is 41.0 Å². The Labute approximate surface area is 230 Å². The van der Waals surface area contributed by atoms with Gasteiger partial charge in [0, 0.05) is 23.2 Å². The highest BCUT2D eigenvalue weighted by molar-refractivity contribution is 6.32. The van der Waals surface area contributed by atoms with Crippen LogP contribution in [0.15, 0.2) is 47.0 Å². The van der Waals surface area contributed by atoms with Gasteiger partial charge in [0.2, 0.25) is 5.82 Å². The van der Waals surface area contributed by atoms with Crippen LogP contribution >= 0.6 is 11.6 Å². The molecule has 1 aliphatic rings. The number of aromatic nitrogens is 2. The second kappa shape index (κ2) is 12.3. The smallest absolute Gasteiger partial charge is 0.309 e. The number of ether oxygens (including phenoxy) is 1. The molecule has 1 fully saturated rings. The van der Waals surface area contributed by atoms with Crippen molar-refractivity contribution in [2.75, 3.05) is 13.1 Å². The summed E-state index contributed by atoms with van der Waals surface area (Å²) in [6.45, 7) is 14.0. The van der Waals surface area contributed by atoms with Gasteiger partial charge in [-0.25, -0.2) is 0 Å². The maximum Gasteiger partial charge on any atom is 0.309 e. The normalized spacial score (nSPS) is 15.6. The maximum atomic E-state index is 11.4. The number of hydrogen-bond donors (Lipinski definition) is 2. The molecule has 8 nitrogen and oxygen atoms in total. The van der Waals surface area contributed by atoms with Gasteiger partial charge in [-0.15, -0.1) is 0 Å². The minimum atomic E-state index is -0.701. The van der Waals surface area contributed by atoms with Gasteiger partial charge in [0.05, 0.1) is 16.5 Å². The third-order valence-electron chi connectivity index (χ3n) is 6.06. The van der Waals surface area contributed by atoms with Crippen LogP contribution < -0.4 is 10.5 Å². The number of rotatable bonds is 7. The lowest BCUT2D eigenvalue weighted by Crippen LogP contribution is -2.42. The van der Waals surface area contributed by atoms with E-state index >= 15 is 0 Å². The highest BCUT2D eigenvalue weighted by Gasteiger charge is 2.36. The molecule has 38 heavy (non-hydrogen) atoms. The van der Waals surface area contributed by atoms with Crippen LogP contribution in [0.25, 0.3) is 22.8 Å². The monoisotopic (exact) mass is 542 g/mol. The number of carbonyl (C=O) groups is 1. The van der Waals surface area contributed by atoms with Crippen molar-refractivity contribution in [1.29, 1.82) is 0 Å². The number of likely N-dealkylation sites (tertiary alicyclic amines) is 1. The van der Waals surface area contributed by atoms with E-state index in [1.807, 2.05) is 71.9 Å². The number of benzene rings is 2. The molecule has 0 aliphatic carbocycles. The number of hydrogen-bond acceptors (Lipinski definition) is 7. The lowest BCUT2D eigenvalue weighted by molar-refractivity contribution is -0.150. The van der Waals surface area contributed by atoms with Crippen molar-refractivity contribution in [2.45, 2.75) is 72.6 Å². The number of aliphatic carboxylic acids is 1. The summed E-state index contributed by atoms with van der Waals surface area (Å²) in [6, 6.07) is 13.4. The summed E-state index contributed by atoms with van der Waals surface area (Å²) in [5, 5.41) is 14.0. The van der Waals surface area contributed by atoms with E-state index < -0.39 is 11.4 Å². The molecule has 0 atom stereocenters. The zero-order chi connectivity index (χ0) is 28.1. The van der Waals surface area contributed by atoms with E-state index in [1.54, 1.807) is 12.1 Å². The molecule has 1 saturated heterocycles. The van der Waals surface area contributed by atoms with E-state index in [9.17, 15) is 9.90 Å². The van der Waals surface area contributed by atoms with Gasteiger partial charge in [0.25, 0.3) is 5.89 Å². The van der Waals surface area contributed by atoms with Gasteiger partial charge in [-0.05, 0) is 91.2 Å². The SMILES string of the molecule is CC(C)(C)N.CC(C)Oc1ccc(-c2nc(-c3ccc(CN4CCC(C)(C(=O)O)CC4)cc3)no2)cc1Cl. The fourth-order valence-corrected chi connectivity index (χ4v) is 4.10. The molecular weight excluding hydrogens is 504 g/mol. The van der Waals surface area contributed by atoms with Gasteiger partial charge < -0.3 is 20.1 Å². The molecule has 4 rings (SSSR count). The topological polar surface area (TPSA) is 115 Å². The Morgan fingerprint density at radius 3 is 2.26 bits per heavy atom. The Morgan fingerprint density at radius 1 is 1.16 bits per heavy atom. The number of carboxylic acids is 1. The zero-order valence-electron chi connectivity index (χ0n) is 23.1. The van der Waals surface area contributed by atoms with Crippen molar-refractivity contribution in [2.24, 2.45) is 11.1 Å². The van der Waals surface area contributed by atoms with Gasteiger partial charge in [-0.3, -0.25) is 9.69 Å². The number of piperidine rings is 1. The van der Waals surface area contributed by atoms with Crippen LogP contribution in [-0.2, 0) is 11.3 Å². The van der Waals surface area contributed by atoms with Crippen LogP contribution in [0.1, 0.15) is 59.9 Å². The summed E-state index contributed by atoms with van der Waals surface area (Å²) in [5.41, 5.74) is 7.49. The number of nitrogens with two attached hydrogens (primary N) is 1. The van der Waals surface area contributed by atoms with Crippen LogP contribution in [0.3, 0.4) is 0 Å². The molecule has 9 heteroatoms. The Bertz CT molecular complexity index is 1200. The molecule has 3 N–H and O–H groups in total. The molecule has 0 radical (unpaired) electrons.